The lowest BCUT2D eigenvalue weighted by Crippen LogP contribution is -2.35. The molecule has 1 fully saturated rings. The van der Waals surface area contributed by atoms with Crippen molar-refractivity contribution < 1.29 is 8.42 Å². The number of tetrazole rings is 1. The Morgan fingerprint density at radius 2 is 1.90 bits per heavy atom. The van der Waals surface area contributed by atoms with E-state index < -0.39 is 10.0 Å². The molecule has 0 N–H and O–H groups in total. The Hall–Kier alpha value is -1.80. The molecule has 1 aromatic carbocycles. The topological polar surface area (TPSA) is 81.0 Å². The number of benzene rings is 1. The predicted molar refractivity (Wildman–Crippen MR) is 71.8 cm³/mol. The second-order valence-electron chi connectivity index (χ2n) is 4.72. The number of hydrogen-bond acceptors (Lipinski definition) is 5. The van der Waals surface area contributed by atoms with Crippen molar-refractivity contribution in [2.45, 2.75) is 24.2 Å². The number of aromatic nitrogens is 4. The molecule has 0 bridgehead atoms. The zero-order valence-corrected chi connectivity index (χ0v) is 11.7. The van der Waals surface area contributed by atoms with Crippen LogP contribution in [0.3, 0.4) is 0 Å². The van der Waals surface area contributed by atoms with E-state index in [2.05, 4.69) is 15.5 Å². The van der Waals surface area contributed by atoms with Crippen LogP contribution in [0.1, 0.15) is 19.3 Å². The predicted octanol–water partition coefficient (Wildman–Crippen LogP) is 0.837. The fourth-order valence-corrected chi connectivity index (χ4v) is 3.88. The van der Waals surface area contributed by atoms with Gasteiger partial charge in [-0.3, -0.25) is 0 Å². The molecule has 1 aliphatic rings. The van der Waals surface area contributed by atoms with Gasteiger partial charge < -0.3 is 0 Å². The van der Waals surface area contributed by atoms with Crippen LogP contribution in [0.2, 0.25) is 0 Å². The Bertz CT molecular complexity index is 678. The van der Waals surface area contributed by atoms with Gasteiger partial charge in [-0.2, -0.15) is 4.31 Å². The highest BCUT2D eigenvalue weighted by atomic mass is 32.2. The van der Waals surface area contributed by atoms with Crippen molar-refractivity contribution in [3.05, 3.63) is 30.6 Å². The summed E-state index contributed by atoms with van der Waals surface area (Å²) >= 11 is 0. The van der Waals surface area contributed by atoms with Crippen molar-refractivity contribution in [3.63, 3.8) is 0 Å². The molecule has 1 aromatic heterocycles. The Morgan fingerprint density at radius 3 is 2.60 bits per heavy atom. The largest absolute Gasteiger partial charge is 0.243 e. The highest BCUT2D eigenvalue weighted by Gasteiger charge is 2.26. The minimum absolute atomic E-state index is 0.285. The van der Waals surface area contributed by atoms with Crippen molar-refractivity contribution >= 4 is 10.0 Å². The minimum Gasteiger partial charge on any atom is -0.207 e. The quantitative estimate of drug-likeness (QED) is 0.837. The lowest BCUT2D eigenvalue weighted by atomic mass is 10.2. The molecule has 0 saturated carbocycles. The number of rotatable bonds is 3. The van der Waals surface area contributed by atoms with Crippen LogP contribution in [0, 0.1) is 0 Å². The summed E-state index contributed by atoms with van der Waals surface area (Å²) in [4.78, 5) is 0.285. The first-order valence-corrected chi connectivity index (χ1v) is 7.95. The maximum Gasteiger partial charge on any atom is 0.243 e. The lowest BCUT2D eigenvalue weighted by molar-refractivity contribution is 0.346. The van der Waals surface area contributed by atoms with Gasteiger partial charge in [0.15, 0.2) is 0 Å². The molecule has 0 spiro atoms. The second kappa shape index (κ2) is 5.29. The van der Waals surface area contributed by atoms with Crippen molar-refractivity contribution in [1.29, 1.82) is 0 Å². The molecule has 8 heteroatoms. The van der Waals surface area contributed by atoms with Crippen molar-refractivity contribution in [1.82, 2.24) is 24.5 Å². The molecule has 1 aliphatic heterocycles. The van der Waals surface area contributed by atoms with E-state index in [9.17, 15) is 8.42 Å². The second-order valence-corrected chi connectivity index (χ2v) is 6.65. The molecule has 0 radical (unpaired) electrons. The van der Waals surface area contributed by atoms with E-state index in [0.717, 1.165) is 19.3 Å². The summed E-state index contributed by atoms with van der Waals surface area (Å²) in [6.45, 7) is 1.19. The van der Waals surface area contributed by atoms with Crippen LogP contribution in [0.5, 0.6) is 0 Å². The van der Waals surface area contributed by atoms with E-state index in [4.69, 9.17) is 0 Å². The van der Waals surface area contributed by atoms with Gasteiger partial charge in [-0.25, -0.2) is 13.1 Å². The fraction of sp³-hybridized carbons (Fsp3) is 0.417. The number of hydrogen-bond donors (Lipinski definition) is 0. The lowest BCUT2D eigenvalue weighted by Gasteiger charge is -2.25. The standard InChI is InChI=1S/C12H15N5O2S/c18-20(19,16-7-2-1-3-8-16)12-6-4-5-11(9-12)17-10-13-14-15-17/h4-6,9-10H,1-3,7-8H2. The number of piperidine rings is 1. The van der Waals surface area contributed by atoms with E-state index in [0.29, 0.717) is 18.8 Å². The van der Waals surface area contributed by atoms with Gasteiger partial charge >= 0.3 is 0 Å². The van der Waals surface area contributed by atoms with Crippen LogP contribution < -0.4 is 0 Å². The maximum atomic E-state index is 12.6. The van der Waals surface area contributed by atoms with Crippen LogP contribution in [-0.2, 0) is 10.0 Å². The third-order valence-electron chi connectivity index (χ3n) is 3.38. The van der Waals surface area contributed by atoms with E-state index in [1.54, 1.807) is 28.6 Å². The van der Waals surface area contributed by atoms with E-state index in [1.807, 2.05) is 0 Å². The highest BCUT2D eigenvalue weighted by Crippen LogP contribution is 2.22. The third-order valence-corrected chi connectivity index (χ3v) is 5.28. The molecular weight excluding hydrogens is 278 g/mol. The highest BCUT2D eigenvalue weighted by molar-refractivity contribution is 7.89. The Morgan fingerprint density at radius 1 is 1.10 bits per heavy atom. The van der Waals surface area contributed by atoms with E-state index in [-0.39, 0.29) is 4.90 Å². The van der Waals surface area contributed by atoms with E-state index in [1.165, 1.54) is 11.0 Å². The summed E-state index contributed by atoms with van der Waals surface area (Å²) in [6, 6.07) is 6.68. The molecule has 2 aromatic rings. The summed E-state index contributed by atoms with van der Waals surface area (Å²) in [6.07, 6.45) is 4.38. The first-order valence-electron chi connectivity index (χ1n) is 6.51. The Labute approximate surface area is 117 Å². The summed E-state index contributed by atoms with van der Waals surface area (Å²) < 4.78 is 28.1. The molecule has 3 rings (SSSR count). The van der Waals surface area contributed by atoms with Crippen molar-refractivity contribution in [2.75, 3.05) is 13.1 Å². The molecule has 106 valence electrons. The molecule has 7 nitrogen and oxygen atoms in total. The Balaban J connectivity index is 1.95. The smallest absolute Gasteiger partial charge is 0.207 e. The van der Waals surface area contributed by atoms with Gasteiger partial charge in [0.2, 0.25) is 10.0 Å². The van der Waals surface area contributed by atoms with Gasteiger partial charge in [0.1, 0.15) is 6.33 Å². The average Bonchev–Trinajstić information content (AvgIpc) is 3.03. The molecule has 2 heterocycles. The normalized spacial score (nSPS) is 17.2. The Kier molecular flexibility index (Phi) is 3.49. The van der Waals surface area contributed by atoms with Crippen LogP contribution in [-0.4, -0.2) is 46.0 Å². The van der Waals surface area contributed by atoms with Gasteiger partial charge in [0.25, 0.3) is 0 Å². The van der Waals surface area contributed by atoms with E-state index >= 15 is 0 Å². The molecule has 0 amide bonds. The first-order chi connectivity index (χ1) is 9.68. The summed E-state index contributed by atoms with van der Waals surface area (Å²) in [5.74, 6) is 0. The fourth-order valence-electron chi connectivity index (χ4n) is 2.32. The van der Waals surface area contributed by atoms with Gasteiger partial charge in [-0.05, 0) is 41.5 Å². The van der Waals surface area contributed by atoms with Gasteiger partial charge in [-0.15, -0.1) is 5.10 Å². The monoisotopic (exact) mass is 293 g/mol. The SMILES string of the molecule is O=S(=O)(c1cccc(-n2cnnn2)c1)N1CCCCC1. The third kappa shape index (κ3) is 2.44. The average molecular weight is 293 g/mol. The summed E-state index contributed by atoms with van der Waals surface area (Å²) in [7, 11) is -3.42. The molecule has 0 atom stereocenters. The molecule has 20 heavy (non-hydrogen) atoms. The van der Waals surface area contributed by atoms with Crippen LogP contribution in [0.4, 0.5) is 0 Å². The van der Waals surface area contributed by atoms with Crippen LogP contribution in [0.25, 0.3) is 5.69 Å². The molecular formula is C12H15N5O2S. The molecule has 1 saturated heterocycles. The summed E-state index contributed by atoms with van der Waals surface area (Å²) in [5, 5.41) is 10.9. The van der Waals surface area contributed by atoms with Crippen molar-refractivity contribution in [2.24, 2.45) is 0 Å². The number of sulfonamides is 1. The van der Waals surface area contributed by atoms with Gasteiger partial charge in [0.05, 0.1) is 10.6 Å². The summed E-state index contributed by atoms with van der Waals surface area (Å²) in [5.41, 5.74) is 0.632. The maximum absolute atomic E-state index is 12.6. The zero-order valence-electron chi connectivity index (χ0n) is 10.9. The van der Waals surface area contributed by atoms with Gasteiger partial charge in [-0.1, -0.05) is 12.5 Å². The van der Waals surface area contributed by atoms with Crippen molar-refractivity contribution in [3.8, 4) is 5.69 Å². The number of nitrogens with zero attached hydrogens (tertiary/aromatic N) is 5. The molecule has 0 aliphatic carbocycles. The van der Waals surface area contributed by atoms with Gasteiger partial charge in [0, 0.05) is 13.1 Å². The zero-order chi connectivity index (χ0) is 14.0. The van der Waals surface area contributed by atoms with Crippen LogP contribution in [0.15, 0.2) is 35.5 Å². The molecule has 0 unspecified atom stereocenters. The van der Waals surface area contributed by atoms with Crippen LogP contribution >= 0.6 is 0 Å². The first kappa shape index (κ1) is 13.2. The minimum atomic E-state index is -3.42.